The topological polar surface area (TPSA) is 23.8 Å². The van der Waals surface area contributed by atoms with Crippen LogP contribution in [-0.2, 0) is 0 Å². The van der Waals surface area contributed by atoms with Gasteiger partial charge in [-0.3, -0.25) is 0 Å². The Balaban J connectivity index is 1.74. The van der Waals surface area contributed by atoms with Gasteiger partial charge in [0.25, 0.3) is 0 Å². The molecule has 0 N–H and O–H groups in total. The molecular weight excluding hydrogens is 341 g/mol. The van der Waals surface area contributed by atoms with Gasteiger partial charge in [0.2, 0.25) is 0 Å². The molecule has 0 spiro atoms. The molecule has 0 heterocycles. The van der Waals surface area contributed by atoms with Crippen LogP contribution in [0.3, 0.4) is 0 Å². The highest BCUT2D eigenvalue weighted by molar-refractivity contribution is 8.07. The minimum absolute atomic E-state index is 0.172. The number of allylic oxidation sites excluding steroid dienone is 12. The average Bonchev–Trinajstić information content (AvgIpc) is 2.63. The van der Waals surface area contributed by atoms with Gasteiger partial charge in [-0.05, 0) is 86.9 Å². The number of thioether (sulfide) groups is 1. The second-order valence-corrected chi connectivity index (χ2v) is 7.80. The van der Waals surface area contributed by atoms with Crippen LogP contribution in [0.4, 0.5) is 4.39 Å². The van der Waals surface area contributed by atoms with E-state index in [2.05, 4.69) is 42.4 Å². The smallest absolute Gasteiger partial charge is 0.138 e. The summed E-state index contributed by atoms with van der Waals surface area (Å²) >= 11 is 1.28. The van der Waals surface area contributed by atoms with Crippen molar-refractivity contribution >= 4 is 11.8 Å². The summed E-state index contributed by atoms with van der Waals surface area (Å²) in [5.41, 5.74) is 6.72. The molecule has 1 nitrogen and oxygen atoms in total. The van der Waals surface area contributed by atoms with Crippen molar-refractivity contribution in [3.63, 3.8) is 0 Å². The zero-order valence-electron chi connectivity index (χ0n) is 15.3. The molecule has 0 bridgehead atoms. The molecule has 3 aliphatic rings. The standard InChI is InChI=1S/C23H22FNS/c1-16-3-7-20(22(24)13-16)10-6-18-4-8-19(9-5-18)21-11-12-23(26-15-25)17(2)14-21/h4,8,13-14H,3,5,7,9,11-12H2,1-2H3. The molecule has 0 radical (unpaired) electrons. The number of halogens is 1. The molecule has 3 aliphatic carbocycles. The minimum atomic E-state index is -0.172. The molecule has 0 saturated heterocycles. The van der Waals surface area contributed by atoms with Crippen LogP contribution in [-0.4, -0.2) is 0 Å². The lowest BCUT2D eigenvalue weighted by Crippen LogP contribution is -2.01. The van der Waals surface area contributed by atoms with Gasteiger partial charge >= 0.3 is 0 Å². The molecule has 0 aromatic heterocycles. The van der Waals surface area contributed by atoms with E-state index in [4.69, 9.17) is 5.26 Å². The normalized spacial score (nSPS) is 20.4. The third-order valence-electron chi connectivity index (χ3n) is 4.99. The van der Waals surface area contributed by atoms with E-state index in [9.17, 15) is 4.39 Å². The molecule has 0 fully saturated rings. The first-order chi connectivity index (χ1) is 12.6. The fourth-order valence-electron chi connectivity index (χ4n) is 3.40. The lowest BCUT2D eigenvalue weighted by atomic mass is 9.87. The van der Waals surface area contributed by atoms with Crippen molar-refractivity contribution in [3.05, 3.63) is 68.5 Å². The molecule has 0 unspecified atom stereocenters. The van der Waals surface area contributed by atoms with Crippen LogP contribution >= 0.6 is 11.8 Å². The fraction of sp³-hybridized carbons (Fsp3) is 0.348. The van der Waals surface area contributed by atoms with Crippen LogP contribution in [0.5, 0.6) is 0 Å². The highest BCUT2D eigenvalue weighted by atomic mass is 32.2. The molecule has 0 atom stereocenters. The van der Waals surface area contributed by atoms with Crippen LogP contribution in [0.2, 0.25) is 0 Å². The van der Waals surface area contributed by atoms with E-state index in [1.165, 1.54) is 33.4 Å². The first-order valence-corrected chi connectivity index (χ1v) is 9.82. The highest BCUT2D eigenvalue weighted by Gasteiger charge is 2.16. The summed E-state index contributed by atoms with van der Waals surface area (Å²) in [5.74, 6) is 6.03. The van der Waals surface area contributed by atoms with E-state index >= 15 is 0 Å². The second kappa shape index (κ2) is 8.43. The van der Waals surface area contributed by atoms with Crippen LogP contribution < -0.4 is 0 Å². The molecule has 3 heteroatoms. The van der Waals surface area contributed by atoms with Gasteiger partial charge in [0.15, 0.2) is 0 Å². The number of hydrogen-bond donors (Lipinski definition) is 0. The lowest BCUT2D eigenvalue weighted by Gasteiger charge is -2.20. The summed E-state index contributed by atoms with van der Waals surface area (Å²) in [6.07, 6.45) is 13.5. The molecule has 0 aliphatic heterocycles. The molecule has 0 aromatic carbocycles. The summed E-state index contributed by atoms with van der Waals surface area (Å²) in [4.78, 5) is 1.18. The quantitative estimate of drug-likeness (QED) is 0.397. The van der Waals surface area contributed by atoms with Crippen LogP contribution in [0.1, 0.15) is 52.4 Å². The third kappa shape index (κ3) is 4.48. The number of rotatable bonds is 2. The Bertz CT molecular complexity index is 904. The van der Waals surface area contributed by atoms with E-state index in [0.717, 1.165) is 43.3 Å². The Labute approximate surface area is 159 Å². The molecule has 26 heavy (non-hydrogen) atoms. The average molecular weight is 364 g/mol. The molecule has 132 valence electrons. The molecule has 3 rings (SSSR count). The van der Waals surface area contributed by atoms with Gasteiger partial charge in [-0.1, -0.05) is 35.6 Å². The summed E-state index contributed by atoms with van der Waals surface area (Å²) in [7, 11) is 0. The van der Waals surface area contributed by atoms with Crippen molar-refractivity contribution in [2.45, 2.75) is 52.4 Å². The van der Waals surface area contributed by atoms with Gasteiger partial charge in [0.05, 0.1) is 0 Å². The maximum atomic E-state index is 13.9. The van der Waals surface area contributed by atoms with Crippen LogP contribution in [0.25, 0.3) is 0 Å². The lowest BCUT2D eigenvalue weighted by molar-refractivity contribution is 0.638. The third-order valence-corrected chi connectivity index (χ3v) is 5.85. The Hall–Kier alpha value is -2.23. The minimum Gasteiger partial charge on any atom is -0.206 e. The Kier molecular flexibility index (Phi) is 6.02. The monoisotopic (exact) mass is 363 g/mol. The van der Waals surface area contributed by atoms with Gasteiger partial charge in [0, 0.05) is 16.1 Å². The fourth-order valence-corrected chi connectivity index (χ4v) is 3.94. The van der Waals surface area contributed by atoms with E-state index in [1.54, 1.807) is 6.08 Å². The van der Waals surface area contributed by atoms with Crippen molar-refractivity contribution < 1.29 is 4.39 Å². The van der Waals surface area contributed by atoms with E-state index in [0.29, 0.717) is 12.0 Å². The number of nitriles is 1. The van der Waals surface area contributed by atoms with Gasteiger partial charge in [0.1, 0.15) is 11.2 Å². The van der Waals surface area contributed by atoms with Crippen LogP contribution in [0.15, 0.2) is 68.5 Å². The Morgan fingerprint density at radius 3 is 2.38 bits per heavy atom. The maximum absolute atomic E-state index is 13.9. The van der Waals surface area contributed by atoms with Gasteiger partial charge < -0.3 is 0 Å². The largest absolute Gasteiger partial charge is 0.206 e. The van der Waals surface area contributed by atoms with Crippen molar-refractivity contribution in [3.8, 4) is 17.2 Å². The number of hydrogen-bond acceptors (Lipinski definition) is 2. The predicted octanol–water partition coefficient (Wildman–Crippen LogP) is 6.81. The Morgan fingerprint density at radius 2 is 1.73 bits per heavy atom. The van der Waals surface area contributed by atoms with E-state index < -0.39 is 0 Å². The van der Waals surface area contributed by atoms with Crippen molar-refractivity contribution in [2.75, 3.05) is 0 Å². The predicted molar refractivity (Wildman–Crippen MR) is 108 cm³/mol. The first-order valence-electron chi connectivity index (χ1n) is 9.01. The second-order valence-electron chi connectivity index (χ2n) is 6.92. The molecule has 0 saturated carbocycles. The summed E-state index contributed by atoms with van der Waals surface area (Å²) < 4.78 is 13.9. The zero-order valence-corrected chi connectivity index (χ0v) is 16.1. The Morgan fingerprint density at radius 1 is 0.923 bits per heavy atom. The number of nitrogens with zero attached hydrogens (tertiary/aromatic N) is 1. The van der Waals surface area contributed by atoms with Crippen LogP contribution in [0, 0.1) is 22.5 Å². The zero-order chi connectivity index (χ0) is 18.5. The SMILES string of the molecule is CC1=CC(F)=C(C#CC2=CC=C(C3=CC(C)=C(SC#N)CC3)CC2)CC1. The van der Waals surface area contributed by atoms with E-state index in [-0.39, 0.29) is 5.83 Å². The summed E-state index contributed by atoms with van der Waals surface area (Å²) in [6.45, 7) is 4.04. The molecule has 0 aromatic rings. The summed E-state index contributed by atoms with van der Waals surface area (Å²) in [6, 6.07) is 0. The van der Waals surface area contributed by atoms with Gasteiger partial charge in [-0.25, -0.2) is 4.39 Å². The molecular formula is C23H22FNS. The van der Waals surface area contributed by atoms with Gasteiger partial charge in [-0.2, -0.15) is 5.26 Å². The highest BCUT2D eigenvalue weighted by Crippen LogP contribution is 2.36. The first kappa shape index (κ1) is 18.6. The van der Waals surface area contributed by atoms with Crippen molar-refractivity contribution in [2.24, 2.45) is 0 Å². The maximum Gasteiger partial charge on any atom is 0.138 e. The van der Waals surface area contributed by atoms with Gasteiger partial charge in [-0.15, -0.1) is 0 Å². The summed E-state index contributed by atoms with van der Waals surface area (Å²) in [5, 5.41) is 11.0. The molecule has 0 amide bonds. The van der Waals surface area contributed by atoms with Crippen molar-refractivity contribution in [1.29, 1.82) is 5.26 Å². The van der Waals surface area contributed by atoms with E-state index in [1.807, 2.05) is 6.92 Å². The number of thiocyanates is 1. The van der Waals surface area contributed by atoms with Crippen molar-refractivity contribution in [1.82, 2.24) is 0 Å².